The number of rotatable bonds is 4. The molecule has 0 spiro atoms. The van der Waals surface area contributed by atoms with Gasteiger partial charge in [0.15, 0.2) is 0 Å². The second-order valence-corrected chi connectivity index (χ2v) is 5.91. The van der Waals surface area contributed by atoms with Gasteiger partial charge in [-0.3, -0.25) is 0 Å². The lowest BCUT2D eigenvalue weighted by Crippen LogP contribution is -2.51. The Balaban J connectivity index is 1.95. The van der Waals surface area contributed by atoms with Crippen LogP contribution in [-0.2, 0) is 6.42 Å². The third kappa shape index (κ3) is 3.09. The number of nitrogens with one attached hydrogen (secondary N) is 1. The Morgan fingerprint density at radius 1 is 1.14 bits per heavy atom. The second-order valence-electron chi connectivity index (χ2n) is 5.91. The summed E-state index contributed by atoms with van der Waals surface area (Å²) in [6, 6.07) is 16.8. The van der Waals surface area contributed by atoms with E-state index in [4.69, 9.17) is 0 Å². The van der Waals surface area contributed by atoms with Crippen molar-refractivity contribution in [3.05, 3.63) is 59.7 Å². The van der Waals surface area contributed by atoms with Gasteiger partial charge in [-0.05, 0) is 30.0 Å². The van der Waals surface area contributed by atoms with Crippen molar-refractivity contribution in [3.8, 4) is 5.75 Å². The van der Waals surface area contributed by atoms with Crippen LogP contribution in [0.2, 0.25) is 0 Å². The third-order valence-corrected chi connectivity index (χ3v) is 4.44. The first-order valence-corrected chi connectivity index (χ1v) is 8.11. The summed E-state index contributed by atoms with van der Waals surface area (Å²) >= 11 is 0. The standard InChI is InChI=1S/C19H24N2O/c1-2-17-14-20-11-12-21(17)19-16(9-6-10-18(19)22)13-15-7-4-3-5-8-15/h3-10,17,20,22H,2,11-14H2,1H3. The highest BCUT2D eigenvalue weighted by atomic mass is 16.3. The molecule has 1 atom stereocenters. The number of phenolic OH excluding ortho intramolecular Hbond substituents is 1. The molecule has 22 heavy (non-hydrogen) atoms. The van der Waals surface area contributed by atoms with Gasteiger partial charge in [0, 0.05) is 25.7 Å². The van der Waals surface area contributed by atoms with Gasteiger partial charge in [0.1, 0.15) is 5.75 Å². The highest BCUT2D eigenvalue weighted by molar-refractivity contribution is 5.65. The van der Waals surface area contributed by atoms with E-state index >= 15 is 0 Å². The van der Waals surface area contributed by atoms with E-state index in [1.165, 1.54) is 11.1 Å². The van der Waals surface area contributed by atoms with Crippen molar-refractivity contribution >= 4 is 5.69 Å². The van der Waals surface area contributed by atoms with Gasteiger partial charge in [0.05, 0.1) is 5.69 Å². The molecule has 2 aromatic carbocycles. The predicted octanol–water partition coefficient (Wildman–Crippen LogP) is 3.17. The van der Waals surface area contributed by atoms with E-state index in [9.17, 15) is 5.11 Å². The Bertz CT molecular complexity index is 612. The van der Waals surface area contributed by atoms with Crippen LogP contribution in [0.4, 0.5) is 5.69 Å². The fourth-order valence-corrected chi connectivity index (χ4v) is 3.29. The molecule has 1 aliphatic heterocycles. The molecule has 0 bridgehead atoms. The summed E-state index contributed by atoms with van der Waals surface area (Å²) in [6.45, 7) is 5.10. The van der Waals surface area contributed by atoms with Crippen molar-refractivity contribution in [2.45, 2.75) is 25.8 Å². The molecule has 2 aromatic rings. The van der Waals surface area contributed by atoms with Crippen LogP contribution >= 0.6 is 0 Å². The summed E-state index contributed by atoms with van der Waals surface area (Å²) in [6.07, 6.45) is 1.93. The van der Waals surface area contributed by atoms with Gasteiger partial charge < -0.3 is 15.3 Å². The van der Waals surface area contributed by atoms with Gasteiger partial charge in [-0.15, -0.1) is 0 Å². The molecule has 0 amide bonds. The lowest BCUT2D eigenvalue weighted by atomic mass is 10.00. The molecule has 1 unspecified atom stereocenters. The van der Waals surface area contributed by atoms with E-state index in [1.54, 1.807) is 6.07 Å². The molecule has 2 N–H and O–H groups in total. The summed E-state index contributed by atoms with van der Waals surface area (Å²) in [7, 11) is 0. The maximum Gasteiger partial charge on any atom is 0.139 e. The minimum Gasteiger partial charge on any atom is -0.506 e. The Labute approximate surface area is 132 Å². The summed E-state index contributed by atoms with van der Waals surface area (Å²) < 4.78 is 0. The van der Waals surface area contributed by atoms with Crippen LogP contribution in [-0.4, -0.2) is 30.8 Å². The first-order valence-electron chi connectivity index (χ1n) is 8.11. The molecule has 0 radical (unpaired) electrons. The summed E-state index contributed by atoms with van der Waals surface area (Å²) in [4.78, 5) is 2.38. The van der Waals surface area contributed by atoms with Gasteiger partial charge in [0.25, 0.3) is 0 Å². The van der Waals surface area contributed by atoms with E-state index in [2.05, 4.69) is 47.5 Å². The van der Waals surface area contributed by atoms with Crippen LogP contribution in [0.15, 0.2) is 48.5 Å². The Morgan fingerprint density at radius 3 is 2.73 bits per heavy atom. The van der Waals surface area contributed by atoms with Gasteiger partial charge >= 0.3 is 0 Å². The fraction of sp³-hybridized carbons (Fsp3) is 0.368. The zero-order chi connectivity index (χ0) is 15.4. The molecule has 3 heteroatoms. The minimum absolute atomic E-state index is 0.397. The van der Waals surface area contributed by atoms with Gasteiger partial charge in [-0.1, -0.05) is 49.4 Å². The maximum atomic E-state index is 10.5. The molecule has 0 aliphatic carbocycles. The number of phenols is 1. The lowest BCUT2D eigenvalue weighted by molar-refractivity contribution is 0.441. The van der Waals surface area contributed by atoms with E-state index in [-0.39, 0.29) is 0 Å². The van der Waals surface area contributed by atoms with Crippen LogP contribution in [0.1, 0.15) is 24.5 Å². The molecule has 116 valence electrons. The molecule has 1 fully saturated rings. The Kier molecular flexibility index (Phi) is 4.64. The van der Waals surface area contributed by atoms with E-state index in [0.717, 1.165) is 38.2 Å². The van der Waals surface area contributed by atoms with Crippen molar-refractivity contribution in [2.24, 2.45) is 0 Å². The Hall–Kier alpha value is -2.00. The SMILES string of the molecule is CCC1CNCCN1c1c(O)cccc1Cc1ccccc1. The minimum atomic E-state index is 0.397. The van der Waals surface area contributed by atoms with Crippen molar-refractivity contribution in [1.82, 2.24) is 5.32 Å². The average Bonchev–Trinajstić information content (AvgIpc) is 2.56. The topological polar surface area (TPSA) is 35.5 Å². The molecule has 3 rings (SSSR count). The molecular weight excluding hydrogens is 272 g/mol. The zero-order valence-corrected chi connectivity index (χ0v) is 13.1. The quantitative estimate of drug-likeness (QED) is 0.909. The highest BCUT2D eigenvalue weighted by Gasteiger charge is 2.25. The molecule has 0 aromatic heterocycles. The number of anilines is 1. The molecular formula is C19H24N2O. The monoisotopic (exact) mass is 296 g/mol. The number of aromatic hydroxyl groups is 1. The van der Waals surface area contributed by atoms with Gasteiger partial charge in [-0.2, -0.15) is 0 Å². The lowest BCUT2D eigenvalue weighted by Gasteiger charge is -2.39. The third-order valence-electron chi connectivity index (χ3n) is 4.44. The molecule has 0 saturated carbocycles. The fourth-order valence-electron chi connectivity index (χ4n) is 3.29. The number of para-hydroxylation sites is 1. The van der Waals surface area contributed by atoms with Crippen LogP contribution in [0.5, 0.6) is 5.75 Å². The average molecular weight is 296 g/mol. The van der Waals surface area contributed by atoms with E-state index < -0.39 is 0 Å². The van der Waals surface area contributed by atoms with Gasteiger partial charge in [0.2, 0.25) is 0 Å². The molecule has 1 aliphatic rings. The predicted molar refractivity (Wildman–Crippen MR) is 91.6 cm³/mol. The smallest absolute Gasteiger partial charge is 0.139 e. The van der Waals surface area contributed by atoms with Crippen molar-refractivity contribution < 1.29 is 5.11 Å². The van der Waals surface area contributed by atoms with Crippen LogP contribution in [0.25, 0.3) is 0 Å². The van der Waals surface area contributed by atoms with Crippen LogP contribution in [0.3, 0.4) is 0 Å². The number of nitrogens with zero attached hydrogens (tertiary/aromatic N) is 1. The summed E-state index contributed by atoms with van der Waals surface area (Å²) in [5.41, 5.74) is 3.49. The van der Waals surface area contributed by atoms with Crippen molar-refractivity contribution in [1.29, 1.82) is 0 Å². The first kappa shape index (κ1) is 14.9. The van der Waals surface area contributed by atoms with Crippen molar-refractivity contribution in [2.75, 3.05) is 24.5 Å². The first-order chi connectivity index (χ1) is 10.8. The molecule has 1 heterocycles. The highest BCUT2D eigenvalue weighted by Crippen LogP contribution is 2.35. The second kappa shape index (κ2) is 6.84. The summed E-state index contributed by atoms with van der Waals surface area (Å²) in [5.74, 6) is 0.397. The number of piperazine rings is 1. The normalized spacial score (nSPS) is 18.4. The van der Waals surface area contributed by atoms with Gasteiger partial charge in [-0.25, -0.2) is 0 Å². The van der Waals surface area contributed by atoms with E-state index in [1.807, 2.05) is 12.1 Å². The zero-order valence-electron chi connectivity index (χ0n) is 13.1. The summed E-state index contributed by atoms with van der Waals surface area (Å²) in [5, 5.41) is 13.9. The van der Waals surface area contributed by atoms with E-state index in [0.29, 0.717) is 11.8 Å². The largest absolute Gasteiger partial charge is 0.506 e. The number of hydrogen-bond acceptors (Lipinski definition) is 3. The van der Waals surface area contributed by atoms with Crippen LogP contribution < -0.4 is 10.2 Å². The number of hydrogen-bond donors (Lipinski definition) is 2. The number of benzene rings is 2. The molecule has 3 nitrogen and oxygen atoms in total. The Morgan fingerprint density at radius 2 is 1.95 bits per heavy atom. The van der Waals surface area contributed by atoms with Crippen molar-refractivity contribution in [3.63, 3.8) is 0 Å². The maximum absolute atomic E-state index is 10.5. The van der Waals surface area contributed by atoms with Crippen LogP contribution in [0, 0.1) is 0 Å². The molecule has 1 saturated heterocycles.